The van der Waals surface area contributed by atoms with E-state index < -0.39 is 6.09 Å². The van der Waals surface area contributed by atoms with E-state index in [-0.39, 0.29) is 0 Å². The van der Waals surface area contributed by atoms with Crippen molar-refractivity contribution in [2.45, 2.75) is 6.92 Å². The number of amides is 1. The quantitative estimate of drug-likeness (QED) is 0.737. The number of anilines is 1. The van der Waals surface area contributed by atoms with Gasteiger partial charge in [-0.2, -0.15) is 5.26 Å². The third-order valence-corrected chi connectivity index (χ3v) is 1.79. The summed E-state index contributed by atoms with van der Waals surface area (Å²) in [5.74, 6) is 0. The Morgan fingerprint density at radius 3 is 2.86 bits per heavy atom. The molecule has 72 valence electrons. The van der Waals surface area contributed by atoms with E-state index in [4.69, 9.17) is 5.26 Å². The molecule has 0 aliphatic heterocycles. The molecule has 0 spiro atoms. The van der Waals surface area contributed by atoms with Crippen LogP contribution in [0.3, 0.4) is 0 Å². The number of carbonyl (C=O) groups is 1. The summed E-state index contributed by atoms with van der Waals surface area (Å²) < 4.78 is 4.45. The predicted octanol–water partition coefficient (Wildman–Crippen LogP) is 2.04. The van der Waals surface area contributed by atoms with Gasteiger partial charge < -0.3 is 4.74 Å². The second-order valence-corrected chi connectivity index (χ2v) is 2.76. The lowest BCUT2D eigenvalue weighted by Crippen LogP contribution is -2.11. The maximum atomic E-state index is 10.9. The summed E-state index contributed by atoms with van der Waals surface area (Å²) >= 11 is 0. The van der Waals surface area contributed by atoms with Gasteiger partial charge in [-0.15, -0.1) is 0 Å². The van der Waals surface area contributed by atoms with E-state index in [0.29, 0.717) is 11.3 Å². The van der Waals surface area contributed by atoms with Crippen LogP contribution in [0, 0.1) is 18.3 Å². The molecule has 0 radical (unpaired) electrons. The molecule has 1 aromatic carbocycles. The fourth-order valence-electron chi connectivity index (χ4n) is 0.987. The zero-order chi connectivity index (χ0) is 10.6. The molecule has 4 nitrogen and oxygen atoms in total. The number of benzene rings is 1. The third kappa shape index (κ3) is 2.23. The van der Waals surface area contributed by atoms with Gasteiger partial charge in [-0.25, -0.2) is 4.79 Å². The summed E-state index contributed by atoms with van der Waals surface area (Å²) in [6.45, 7) is 1.84. The monoisotopic (exact) mass is 190 g/mol. The number of nitriles is 1. The molecule has 0 aliphatic carbocycles. The van der Waals surface area contributed by atoms with Crippen molar-refractivity contribution in [1.82, 2.24) is 0 Å². The van der Waals surface area contributed by atoms with Gasteiger partial charge in [-0.05, 0) is 24.6 Å². The van der Waals surface area contributed by atoms with Gasteiger partial charge in [0.2, 0.25) is 0 Å². The Hall–Kier alpha value is -2.02. The molecular formula is C10H10N2O2. The maximum Gasteiger partial charge on any atom is 0.411 e. The van der Waals surface area contributed by atoms with Crippen LogP contribution in [0.4, 0.5) is 10.5 Å². The molecule has 0 bridgehead atoms. The van der Waals surface area contributed by atoms with Crippen molar-refractivity contribution in [3.63, 3.8) is 0 Å². The number of hydrogen-bond donors (Lipinski definition) is 1. The molecule has 14 heavy (non-hydrogen) atoms. The molecule has 0 saturated carbocycles. The first-order chi connectivity index (χ1) is 6.67. The first kappa shape index (κ1) is 10.1. The lowest BCUT2D eigenvalue weighted by Gasteiger charge is -2.06. The molecule has 1 N–H and O–H groups in total. The number of carbonyl (C=O) groups excluding carboxylic acids is 1. The second-order valence-electron chi connectivity index (χ2n) is 2.76. The Kier molecular flexibility index (Phi) is 3.08. The number of rotatable bonds is 1. The van der Waals surface area contributed by atoms with Crippen LogP contribution in [-0.2, 0) is 4.74 Å². The molecule has 0 atom stereocenters. The first-order valence-corrected chi connectivity index (χ1v) is 4.03. The highest BCUT2D eigenvalue weighted by Crippen LogP contribution is 2.16. The predicted molar refractivity (Wildman–Crippen MR) is 51.9 cm³/mol. The molecule has 0 saturated heterocycles. The van der Waals surface area contributed by atoms with E-state index in [2.05, 4.69) is 10.1 Å². The Labute approximate surface area is 82.1 Å². The van der Waals surface area contributed by atoms with Crippen LogP contribution < -0.4 is 5.32 Å². The van der Waals surface area contributed by atoms with Gasteiger partial charge >= 0.3 is 6.09 Å². The smallest absolute Gasteiger partial charge is 0.411 e. The SMILES string of the molecule is COC(=O)Nc1cc(C#N)ccc1C. The fraction of sp³-hybridized carbons (Fsp3) is 0.200. The fourth-order valence-corrected chi connectivity index (χ4v) is 0.987. The maximum absolute atomic E-state index is 10.9. The topological polar surface area (TPSA) is 62.1 Å². The zero-order valence-electron chi connectivity index (χ0n) is 8.00. The minimum atomic E-state index is -0.539. The number of nitrogens with one attached hydrogen (secondary N) is 1. The number of methoxy groups -OCH3 is 1. The summed E-state index contributed by atoms with van der Waals surface area (Å²) in [5.41, 5.74) is 1.98. The van der Waals surface area contributed by atoms with E-state index in [1.165, 1.54) is 7.11 Å². The Balaban J connectivity index is 2.96. The number of nitrogens with zero attached hydrogens (tertiary/aromatic N) is 1. The number of aryl methyl sites for hydroxylation is 1. The average molecular weight is 190 g/mol. The Morgan fingerprint density at radius 2 is 2.29 bits per heavy atom. The normalized spacial score (nSPS) is 8.93. The minimum absolute atomic E-state index is 0.502. The van der Waals surface area contributed by atoms with Crippen LogP contribution in [0.1, 0.15) is 11.1 Å². The highest BCUT2D eigenvalue weighted by Gasteiger charge is 2.04. The molecule has 4 heteroatoms. The van der Waals surface area contributed by atoms with Crippen molar-refractivity contribution in [2.24, 2.45) is 0 Å². The minimum Gasteiger partial charge on any atom is -0.453 e. The van der Waals surface area contributed by atoms with Gasteiger partial charge in [0.15, 0.2) is 0 Å². The van der Waals surface area contributed by atoms with Crippen LogP contribution in [0.2, 0.25) is 0 Å². The van der Waals surface area contributed by atoms with Crippen LogP contribution >= 0.6 is 0 Å². The van der Waals surface area contributed by atoms with Crippen molar-refractivity contribution in [3.8, 4) is 6.07 Å². The Morgan fingerprint density at radius 1 is 1.57 bits per heavy atom. The lowest BCUT2D eigenvalue weighted by atomic mass is 10.1. The summed E-state index contributed by atoms with van der Waals surface area (Å²) in [5, 5.41) is 11.2. The van der Waals surface area contributed by atoms with E-state index in [1.54, 1.807) is 18.2 Å². The molecule has 1 amide bonds. The van der Waals surface area contributed by atoms with Crippen molar-refractivity contribution < 1.29 is 9.53 Å². The van der Waals surface area contributed by atoms with Gasteiger partial charge in [0.05, 0.1) is 18.7 Å². The van der Waals surface area contributed by atoms with Gasteiger partial charge in [-0.1, -0.05) is 6.07 Å². The third-order valence-electron chi connectivity index (χ3n) is 1.79. The van der Waals surface area contributed by atoms with Crippen LogP contribution in [-0.4, -0.2) is 13.2 Å². The molecule has 0 unspecified atom stereocenters. The summed E-state index contributed by atoms with van der Waals surface area (Å²) in [6.07, 6.45) is -0.539. The van der Waals surface area contributed by atoms with E-state index in [1.807, 2.05) is 13.0 Å². The molecule has 1 rings (SSSR count). The van der Waals surface area contributed by atoms with Crippen molar-refractivity contribution in [1.29, 1.82) is 5.26 Å². The summed E-state index contributed by atoms with van der Waals surface area (Å²) in [7, 11) is 1.29. The zero-order valence-corrected chi connectivity index (χ0v) is 8.00. The largest absolute Gasteiger partial charge is 0.453 e. The second kappa shape index (κ2) is 4.28. The van der Waals surface area contributed by atoms with Gasteiger partial charge in [0, 0.05) is 5.69 Å². The van der Waals surface area contributed by atoms with E-state index in [9.17, 15) is 4.79 Å². The van der Waals surface area contributed by atoms with Crippen LogP contribution in [0.15, 0.2) is 18.2 Å². The van der Waals surface area contributed by atoms with Crippen molar-refractivity contribution in [2.75, 3.05) is 12.4 Å². The molecule has 0 aliphatic rings. The average Bonchev–Trinajstić information content (AvgIpc) is 2.21. The van der Waals surface area contributed by atoms with Gasteiger partial charge in [0.25, 0.3) is 0 Å². The van der Waals surface area contributed by atoms with Gasteiger partial charge in [-0.3, -0.25) is 5.32 Å². The standard InChI is InChI=1S/C10H10N2O2/c1-7-3-4-8(6-11)5-9(7)12-10(13)14-2/h3-5H,1-2H3,(H,12,13). The highest BCUT2D eigenvalue weighted by atomic mass is 16.5. The molecular weight excluding hydrogens is 180 g/mol. The highest BCUT2D eigenvalue weighted by molar-refractivity contribution is 5.85. The molecule has 0 fully saturated rings. The summed E-state index contributed by atoms with van der Waals surface area (Å²) in [4.78, 5) is 10.9. The lowest BCUT2D eigenvalue weighted by molar-refractivity contribution is 0.187. The number of ether oxygens (including phenoxy) is 1. The van der Waals surface area contributed by atoms with E-state index in [0.717, 1.165) is 5.56 Å². The van der Waals surface area contributed by atoms with Crippen molar-refractivity contribution in [3.05, 3.63) is 29.3 Å². The molecule has 1 aromatic rings. The number of hydrogen-bond acceptors (Lipinski definition) is 3. The molecule has 0 aromatic heterocycles. The summed E-state index contributed by atoms with van der Waals surface area (Å²) in [6, 6.07) is 7.06. The van der Waals surface area contributed by atoms with Crippen molar-refractivity contribution >= 4 is 11.8 Å². The first-order valence-electron chi connectivity index (χ1n) is 4.03. The van der Waals surface area contributed by atoms with Crippen LogP contribution in [0.25, 0.3) is 0 Å². The van der Waals surface area contributed by atoms with Gasteiger partial charge in [0.1, 0.15) is 0 Å². The van der Waals surface area contributed by atoms with E-state index >= 15 is 0 Å². The molecule has 0 heterocycles. The Bertz CT molecular complexity index is 394. The van der Waals surface area contributed by atoms with Crippen LogP contribution in [0.5, 0.6) is 0 Å².